The van der Waals surface area contributed by atoms with Crippen LogP contribution in [0.1, 0.15) is 34.1 Å². The molecule has 3 rings (SSSR count). The van der Waals surface area contributed by atoms with Crippen LogP contribution >= 0.6 is 11.3 Å². The fourth-order valence-electron chi connectivity index (χ4n) is 3.01. The number of thiazole rings is 1. The van der Waals surface area contributed by atoms with Gasteiger partial charge >= 0.3 is 5.97 Å². The van der Waals surface area contributed by atoms with Crippen molar-refractivity contribution in [2.45, 2.75) is 33.4 Å². The van der Waals surface area contributed by atoms with Crippen LogP contribution in [-0.2, 0) is 20.9 Å². The summed E-state index contributed by atoms with van der Waals surface area (Å²) in [4.78, 5) is 42.8. The van der Waals surface area contributed by atoms with E-state index in [1.165, 1.54) is 23.2 Å². The van der Waals surface area contributed by atoms with Crippen LogP contribution in [0.15, 0.2) is 53.9 Å². The lowest BCUT2D eigenvalue weighted by molar-refractivity contribution is -0.148. The molecule has 172 valence electrons. The van der Waals surface area contributed by atoms with Crippen molar-refractivity contribution in [1.82, 2.24) is 10.3 Å². The molecule has 33 heavy (non-hydrogen) atoms. The topological polar surface area (TPSA) is 109 Å². The number of ether oxygens (including phenoxy) is 1. The van der Waals surface area contributed by atoms with Gasteiger partial charge in [0.2, 0.25) is 5.91 Å². The number of hydrogen-bond acceptors (Lipinski definition) is 7. The van der Waals surface area contributed by atoms with E-state index < -0.39 is 24.5 Å². The van der Waals surface area contributed by atoms with E-state index in [9.17, 15) is 19.5 Å². The first-order chi connectivity index (χ1) is 15.8. The Hall–Kier alpha value is -3.56. The smallest absolute Gasteiger partial charge is 0.331 e. The lowest BCUT2D eigenvalue weighted by atomic mass is 10.1. The molecule has 0 aliphatic rings. The molecule has 0 spiro atoms. The molecule has 2 aromatic carbocycles. The minimum Gasteiger partial charge on any atom is -0.458 e. The standard InChI is InChI=1S/C24H25N3O5S/c1-15-9-10-20(11-16(15)2)27(17(3)29)24-25-19(14-33-24)13-32-23(31)21(12-28)26-22(30)18-7-5-4-6-8-18/h4-11,14,21,28H,12-13H2,1-3H3,(H,26,30). The van der Waals surface area contributed by atoms with Gasteiger partial charge in [0.15, 0.2) is 11.2 Å². The van der Waals surface area contributed by atoms with Crippen molar-refractivity contribution in [2.24, 2.45) is 0 Å². The third-order valence-electron chi connectivity index (χ3n) is 4.97. The van der Waals surface area contributed by atoms with E-state index in [4.69, 9.17) is 4.74 Å². The number of carbonyl (C=O) groups is 3. The highest BCUT2D eigenvalue weighted by Crippen LogP contribution is 2.30. The minimum absolute atomic E-state index is 0.161. The second-order valence-electron chi connectivity index (χ2n) is 7.43. The number of aromatic nitrogens is 1. The molecule has 0 bridgehead atoms. The zero-order chi connectivity index (χ0) is 24.0. The zero-order valence-corrected chi connectivity index (χ0v) is 19.4. The van der Waals surface area contributed by atoms with Gasteiger partial charge in [0.1, 0.15) is 6.61 Å². The van der Waals surface area contributed by atoms with Gasteiger partial charge in [-0.05, 0) is 49.2 Å². The minimum atomic E-state index is -1.21. The molecule has 9 heteroatoms. The van der Waals surface area contributed by atoms with Crippen LogP contribution in [0.5, 0.6) is 0 Å². The molecule has 1 atom stereocenters. The van der Waals surface area contributed by atoms with E-state index in [1.807, 2.05) is 32.0 Å². The average Bonchev–Trinajstić information content (AvgIpc) is 3.26. The number of aliphatic hydroxyl groups excluding tert-OH is 1. The number of benzene rings is 2. The Bertz CT molecular complexity index is 1150. The highest BCUT2D eigenvalue weighted by atomic mass is 32.1. The van der Waals surface area contributed by atoms with Gasteiger partial charge in [-0.2, -0.15) is 0 Å². The van der Waals surface area contributed by atoms with Crippen molar-refractivity contribution in [1.29, 1.82) is 0 Å². The molecule has 1 aromatic heterocycles. The summed E-state index contributed by atoms with van der Waals surface area (Å²) in [5.74, 6) is -1.47. The number of esters is 1. The summed E-state index contributed by atoms with van der Waals surface area (Å²) in [6.07, 6.45) is 0. The predicted octanol–water partition coefficient (Wildman–Crippen LogP) is 3.28. The number of anilines is 2. The largest absolute Gasteiger partial charge is 0.458 e. The number of nitrogens with one attached hydrogen (secondary N) is 1. The van der Waals surface area contributed by atoms with Crippen LogP contribution in [0.3, 0.4) is 0 Å². The Morgan fingerprint density at radius 2 is 1.85 bits per heavy atom. The predicted molar refractivity (Wildman–Crippen MR) is 125 cm³/mol. The molecule has 0 radical (unpaired) electrons. The first-order valence-corrected chi connectivity index (χ1v) is 11.1. The first-order valence-electron chi connectivity index (χ1n) is 10.3. The van der Waals surface area contributed by atoms with Crippen molar-refractivity contribution in [3.05, 3.63) is 76.3 Å². The van der Waals surface area contributed by atoms with Gasteiger partial charge < -0.3 is 15.2 Å². The Labute approximate surface area is 195 Å². The first kappa shape index (κ1) is 24.1. The molecule has 3 aromatic rings. The van der Waals surface area contributed by atoms with Gasteiger partial charge in [0.25, 0.3) is 5.91 Å². The van der Waals surface area contributed by atoms with E-state index in [-0.39, 0.29) is 12.5 Å². The van der Waals surface area contributed by atoms with Crippen molar-refractivity contribution in [3.8, 4) is 0 Å². The van der Waals surface area contributed by atoms with Gasteiger partial charge in [-0.1, -0.05) is 24.3 Å². The van der Waals surface area contributed by atoms with Gasteiger partial charge in [0, 0.05) is 17.9 Å². The maximum Gasteiger partial charge on any atom is 0.331 e. The van der Waals surface area contributed by atoms with Crippen LogP contribution in [0.4, 0.5) is 10.8 Å². The molecular formula is C24H25N3O5S. The molecular weight excluding hydrogens is 442 g/mol. The monoisotopic (exact) mass is 467 g/mol. The molecule has 0 aliphatic heterocycles. The van der Waals surface area contributed by atoms with Crippen LogP contribution in [0.25, 0.3) is 0 Å². The second kappa shape index (κ2) is 10.8. The van der Waals surface area contributed by atoms with Gasteiger partial charge in [-0.25, -0.2) is 9.78 Å². The van der Waals surface area contributed by atoms with Crippen LogP contribution in [0, 0.1) is 13.8 Å². The van der Waals surface area contributed by atoms with Gasteiger partial charge in [-0.15, -0.1) is 11.3 Å². The maximum atomic E-state index is 12.4. The summed E-state index contributed by atoms with van der Waals surface area (Å²) in [6, 6.07) is 12.9. The summed E-state index contributed by atoms with van der Waals surface area (Å²) in [6.45, 7) is 4.65. The van der Waals surface area contributed by atoms with E-state index >= 15 is 0 Å². The quantitative estimate of drug-likeness (QED) is 0.492. The third kappa shape index (κ3) is 6.03. The SMILES string of the molecule is CC(=O)N(c1ccc(C)c(C)c1)c1nc(COC(=O)C(CO)NC(=O)c2ccccc2)cs1. The number of amides is 2. The summed E-state index contributed by atoms with van der Waals surface area (Å²) < 4.78 is 5.24. The number of aryl methyl sites for hydroxylation is 2. The average molecular weight is 468 g/mol. The zero-order valence-electron chi connectivity index (χ0n) is 18.6. The maximum absolute atomic E-state index is 12.4. The summed E-state index contributed by atoms with van der Waals surface area (Å²) in [7, 11) is 0. The molecule has 0 aliphatic carbocycles. The number of nitrogens with zero attached hydrogens (tertiary/aromatic N) is 2. The molecule has 1 heterocycles. The second-order valence-corrected chi connectivity index (χ2v) is 8.26. The summed E-state index contributed by atoms with van der Waals surface area (Å²) in [5.41, 5.74) is 3.68. The van der Waals surface area contributed by atoms with Crippen molar-refractivity contribution in [3.63, 3.8) is 0 Å². The number of hydrogen-bond donors (Lipinski definition) is 2. The number of rotatable bonds is 8. The van der Waals surface area contributed by atoms with Crippen LogP contribution < -0.4 is 10.2 Å². The van der Waals surface area contributed by atoms with Crippen LogP contribution in [0.2, 0.25) is 0 Å². The normalized spacial score (nSPS) is 11.5. The molecule has 8 nitrogen and oxygen atoms in total. The molecule has 0 saturated heterocycles. The lowest BCUT2D eigenvalue weighted by Crippen LogP contribution is -2.44. The van der Waals surface area contributed by atoms with Gasteiger partial charge in [0.05, 0.1) is 18.0 Å². The number of carbonyl (C=O) groups excluding carboxylic acids is 3. The van der Waals surface area contributed by atoms with Crippen LogP contribution in [-0.4, -0.2) is 40.5 Å². The Kier molecular flexibility index (Phi) is 7.92. The third-order valence-corrected chi connectivity index (χ3v) is 5.84. The molecule has 2 amide bonds. The Morgan fingerprint density at radius 3 is 2.48 bits per heavy atom. The van der Waals surface area contributed by atoms with E-state index in [0.29, 0.717) is 22.1 Å². The van der Waals surface area contributed by atoms with Crippen molar-refractivity contribution >= 4 is 39.9 Å². The summed E-state index contributed by atoms with van der Waals surface area (Å²) >= 11 is 1.25. The Morgan fingerprint density at radius 1 is 1.12 bits per heavy atom. The number of aliphatic hydroxyl groups is 1. The van der Waals surface area contributed by atoms with Crippen molar-refractivity contribution < 1.29 is 24.2 Å². The van der Waals surface area contributed by atoms with Crippen molar-refractivity contribution in [2.75, 3.05) is 11.5 Å². The fourth-order valence-corrected chi connectivity index (χ4v) is 3.88. The van der Waals surface area contributed by atoms with E-state index in [1.54, 1.807) is 35.7 Å². The summed E-state index contributed by atoms with van der Waals surface area (Å²) in [5, 5.41) is 14.1. The Balaban J connectivity index is 1.65. The molecule has 2 N–H and O–H groups in total. The van der Waals surface area contributed by atoms with Gasteiger partial charge in [-0.3, -0.25) is 14.5 Å². The highest BCUT2D eigenvalue weighted by molar-refractivity contribution is 7.14. The molecule has 0 fully saturated rings. The lowest BCUT2D eigenvalue weighted by Gasteiger charge is -2.19. The highest BCUT2D eigenvalue weighted by Gasteiger charge is 2.23. The fraction of sp³-hybridized carbons (Fsp3) is 0.250. The van der Waals surface area contributed by atoms with E-state index in [2.05, 4.69) is 10.3 Å². The van der Waals surface area contributed by atoms with E-state index in [0.717, 1.165) is 11.1 Å². The molecule has 1 unspecified atom stereocenters. The molecule has 0 saturated carbocycles.